The van der Waals surface area contributed by atoms with Gasteiger partial charge in [-0.15, -0.1) is 22.7 Å². The summed E-state index contributed by atoms with van der Waals surface area (Å²) < 4.78 is 1.41. The van der Waals surface area contributed by atoms with E-state index in [0.29, 0.717) is 23.3 Å². The molecule has 1 aromatic carbocycles. The number of hydrogen-bond donors (Lipinski definition) is 0. The minimum Gasteiger partial charge on any atom is -0.336 e. The largest absolute Gasteiger partial charge is 0.336 e. The number of hydrogen-bond acceptors (Lipinski definition) is 5. The number of benzene rings is 1. The van der Waals surface area contributed by atoms with Crippen molar-refractivity contribution in [2.75, 3.05) is 6.54 Å². The first kappa shape index (κ1) is 19.5. The molecule has 5 nitrogen and oxygen atoms in total. The van der Waals surface area contributed by atoms with E-state index in [1.54, 1.807) is 17.4 Å². The van der Waals surface area contributed by atoms with Gasteiger partial charge in [-0.3, -0.25) is 14.2 Å². The lowest BCUT2D eigenvalue weighted by atomic mass is 10.1. The van der Waals surface area contributed by atoms with Crippen molar-refractivity contribution in [2.24, 2.45) is 0 Å². The van der Waals surface area contributed by atoms with Crippen LogP contribution in [0.1, 0.15) is 15.3 Å². The minimum absolute atomic E-state index is 0.00321. The number of aryl methyl sites for hydroxylation is 1. The van der Waals surface area contributed by atoms with Gasteiger partial charge in [-0.2, -0.15) is 0 Å². The van der Waals surface area contributed by atoms with Crippen molar-refractivity contribution < 1.29 is 4.79 Å². The first-order chi connectivity index (χ1) is 14.1. The van der Waals surface area contributed by atoms with E-state index in [1.165, 1.54) is 32.7 Å². The lowest BCUT2D eigenvalue weighted by Crippen LogP contribution is -2.37. The molecule has 3 heterocycles. The fraction of sp³-hybridized carbons (Fsp3) is 0.227. The number of carbonyl (C=O) groups is 1. The summed E-state index contributed by atoms with van der Waals surface area (Å²) in [4.78, 5) is 35.0. The van der Waals surface area contributed by atoms with Crippen LogP contribution >= 0.6 is 22.7 Å². The third kappa shape index (κ3) is 4.63. The van der Waals surface area contributed by atoms with Gasteiger partial charge in [0.15, 0.2) is 0 Å². The lowest BCUT2D eigenvalue weighted by Gasteiger charge is -2.22. The molecule has 0 saturated heterocycles. The number of carbonyl (C=O) groups excluding carboxylic acids is 1. The van der Waals surface area contributed by atoms with Gasteiger partial charge in [-0.25, -0.2) is 4.98 Å². The van der Waals surface area contributed by atoms with Gasteiger partial charge in [-0.05, 0) is 42.5 Å². The Labute approximate surface area is 176 Å². The molecule has 0 N–H and O–H groups in total. The fourth-order valence-corrected chi connectivity index (χ4v) is 4.84. The zero-order chi connectivity index (χ0) is 20.2. The van der Waals surface area contributed by atoms with E-state index in [0.717, 1.165) is 11.3 Å². The molecule has 0 saturated carbocycles. The smallest absolute Gasteiger partial charge is 0.262 e. The molecule has 0 aliphatic carbocycles. The first-order valence-electron chi connectivity index (χ1n) is 9.40. The maximum absolute atomic E-state index is 13.1. The van der Waals surface area contributed by atoms with Crippen molar-refractivity contribution >= 4 is 38.8 Å². The molecule has 1 amide bonds. The highest BCUT2D eigenvalue weighted by atomic mass is 32.1. The second kappa shape index (κ2) is 8.71. The number of nitrogens with zero attached hydrogens (tertiary/aromatic N) is 3. The van der Waals surface area contributed by atoms with Crippen LogP contribution in [0.3, 0.4) is 0 Å². The van der Waals surface area contributed by atoms with Crippen LogP contribution in [0.5, 0.6) is 0 Å². The average molecular weight is 424 g/mol. The quantitative estimate of drug-likeness (QED) is 0.450. The average Bonchev–Trinajstić information content (AvgIpc) is 3.37. The Morgan fingerprint density at radius 2 is 1.97 bits per heavy atom. The van der Waals surface area contributed by atoms with Crippen LogP contribution in [0.15, 0.2) is 65.0 Å². The summed E-state index contributed by atoms with van der Waals surface area (Å²) in [7, 11) is 0. The summed E-state index contributed by atoms with van der Waals surface area (Å²) in [6, 6.07) is 16.0. The van der Waals surface area contributed by atoms with Crippen molar-refractivity contribution in [2.45, 2.75) is 26.4 Å². The summed E-state index contributed by atoms with van der Waals surface area (Å²) in [5, 5.41) is 2.41. The van der Waals surface area contributed by atoms with Gasteiger partial charge in [0, 0.05) is 16.3 Å². The maximum Gasteiger partial charge on any atom is 0.262 e. The molecule has 0 unspecified atom stereocenters. The molecule has 0 fully saturated rings. The number of fused-ring (bicyclic) bond motifs is 1. The Balaban J connectivity index is 1.53. The second-order valence-corrected chi connectivity index (χ2v) is 9.15. The highest BCUT2D eigenvalue weighted by Crippen LogP contribution is 2.18. The van der Waals surface area contributed by atoms with Crippen LogP contribution in [0.25, 0.3) is 10.2 Å². The van der Waals surface area contributed by atoms with Crippen molar-refractivity contribution in [3.63, 3.8) is 0 Å². The Kier molecular flexibility index (Phi) is 5.87. The number of thiophene rings is 2. The van der Waals surface area contributed by atoms with E-state index < -0.39 is 0 Å². The number of aromatic nitrogens is 2. The topological polar surface area (TPSA) is 55.2 Å². The van der Waals surface area contributed by atoms with E-state index in [2.05, 4.69) is 36.2 Å². The van der Waals surface area contributed by atoms with E-state index >= 15 is 0 Å². The molecule has 0 aliphatic heterocycles. The predicted molar refractivity (Wildman–Crippen MR) is 118 cm³/mol. The van der Waals surface area contributed by atoms with Crippen LogP contribution in [0, 0.1) is 6.92 Å². The van der Waals surface area contributed by atoms with E-state index in [1.807, 2.05) is 28.5 Å². The van der Waals surface area contributed by atoms with Gasteiger partial charge < -0.3 is 4.90 Å². The summed E-state index contributed by atoms with van der Waals surface area (Å²) in [6.07, 6.45) is 2.25. The Morgan fingerprint density at radius 1 is 1.14 bits per heavy atom. The molecule has 0 atom stereocenters. The van der Waals surface area contributed by atoms with Crippen molar-refractivity contribution in [1.29, 1.82) is 0 Å². The number of rotatable bonds is 7. The molecule has 7 heteroatoms. The Hall–Kier alpha value is -2.77. The van der Waals surface area contributed by atoms with Crippen LogP contribution < -0.4 is 5.56 Å². The van der Waals surface area contributed by atoms with Gasteiger partial charge in [0.05, 0.1) is 18.3 Å². The number of amides is 1. The molecular weight excluding hydrogens is 402 g/mol. The zero-order valence-electron chi connectivity index (χ0n) is 16.1. The zero-order valence-corrected chi connectivity index (χ0v) is 17.7. The van der Waals surface area contributed by atoms with E-state index in [9.17, 15) is 9.59 Å². The van der Waals surface area contributed by atoms with Crippen molar-refractivity contribution in [1.82, 2.24) is 14.5 Å². The van der Waals surface area contributed by atoms with Crippen LogP contribution in [-0.2, 0) is 24.3 Å². The van der Waals surface area contributed by atoms with Gasteiger partial charge in [-0.1, -0.05) is 30.3 Å². The molecule has 3 aromatic heterocycles. The molecule has 29 heavy (non-hydrogen) atoms. The van der Waals surface area contributed by atoms with Crippen LogP contribution in [0.4, 0.5) is 0 Å². The maximum atomic E-state index is 13.1. The van der Waals surface area contributed by atoms with Crippen molar-refractivity contribution in [3.8, 4) is 0 Å². The normalized spacial score (nSPS) is 11.1. The molecule has 0 spiro atoms. The standard InChI is InChI=1S/C22H21N3O2S2/c1-16-7-8-18(29-16)13-24(11-9-17-5-3-2-4-6-17)20(26)14-25-15-23-21-19(22(25)27)10-12-28-21/h2-8,10,12,15H,9,11,13-14H2,1H3. The van der Waals surface area contributed by atoms with Gasteiger partial charge >= 0.3 is 0 Å². The molecular formula is C22H21N3O2S2. The molecule has 0 bridgehead atoms. The van der Waals surface area contributed by atoms with Crippen LogP contribution in [0.2, 0.25) is 0 Å². The molecule has 148 valence electrons. The molecule has 4 aromatic rings. The third-order valence-corrected chi connectivity index (χ3v) is 6.57. The highest BCUT2D eigenvalue weighted by Gasteiger charge is 2.17. The summed E-state index contributed by atoms with van der Waals surface area (Å²) in [5.41, 5.74) is 1.02. The predicted octanol–water partition coefficient (Wildman–Crippen LogP) is 4.10. The fourth-order valence-electron chi connectivity index (χ4n) is 3.21. The second-order valence-electron chi connectivity index (χ2n) is 6.88. The summed E-state index contributed by atoms with van der Waals surface area (Å²) >= 11 is 3.12. The molecule has 0 radical (unpaired) electrons. The lowest BCUT2D eigenvalue weighted by molar-refractivity contribution is -0.132. The summed E-state index contributed by atoms with van der Waals surface area (Å²) in [5.74, 6) is -0.0783. The molecule has 0 aliphatic rings. The van der Waals surface area contributed by atoms with Crippen molar-refractivity contribution in [3.05, 3.63) is 85.9 Å². The van der Waals surface area contributed by atoms with Gasteiger partial charge in [0.25, 0.3) is 5.56 Å². The minimum atomic E-state index is -0.167. The monoisotopic (exact) mass is 423 g/mol. The third-order valence-electron chi connectivity index (χ3n) is 4.76. The van der Waals surface area contributed by atoms with Crippen LogP contribution in [-0.4, -0.2) is 26.9 Å². The van der Waals surface area contributed by atoms with E-state index in [-0.39, 0.29) is 18.0 Å². The van der Waals surface area contributed by atoms with E-state index in [4.69, 9.17) is 0 Å². The Bertz CT molecular complexity index is 1180. The van der Waals surface area contributed by atoms with Gasteiger partial charge in [0.1, 0.15) is 11.4 Å². The first-order valence-corrected chi connectivity index (χ1v) is 11.1. The molecule has 4 rings (SSSR count). The SMILES string of the molecule is Cc1ccc(CN(CCc2ccccc2)C(=O)Cn2cnc3sccc3c2=O)s1. The van der Waals surface area contributed by atoms with Gasteiger partial charge in [0.2, 0.25) is 5.91 Å². The summed E-state index contributed by atoms with van der Waals surface area (Å²) in [6.45, 7) is 3.21. The highest BCUT2D eigenvalue weighted by molar-refractivity contribution is 7.16. The Morgan fingerprint density at radius 3 is 2.72 bits per heavy atom.